The highest BCUT2D eigenvalue weighted by molar-refractivity contribution is 5.45. The predicted octanol–water partition coefficient (Wildman–Crippen LogP) is 1.74. The topological polar surface area (TPSA) is 59.5 Å². The van der Waals surface area contributed by atoms with E-state index in [-0.39, 0.29) is 0 Å². The highest BCUT2D eigenvalue weighted by Gasteiger charge is 2.24. The summed E-state index contributed by atoms with van der Waals surface area (Å²) in [4.78, 5) is 6.82. The van der Waals surface area contributed by atoms with E-state index >= 15 is 0 Å². The molecule has 2 N–H and O–H groups in total. The van der Waals surface area contributed by atoms with Crippen LogP contribution in [0, 0.1) is 6.92 Å². The van der Waals surface area contributed by atoms with Gasteiger partial charge >= 0.3 is 0 Å². The highest BCUT2D eigenvalue weighted by Crippen LogP contribution is 2.24. The first-order valence-electron chi connectivity index (χ1n) is 6.96. The third kappa shape index (κ3) is 2.30. The van der Waals surface area contributed by atoms with Crippen LogP contribution in [0.2, 0.25) is 0 Å². The number of pyridine rings is 1. The van der Waals surface area contributed by atoms with Crippen molar-refractivity contribution in [2.24, 2.45) is 5.73 Å². The Hall–Kier alpha value is -1.62. The fourth-order valence-electron chi connectivity index (χ4n) is 2.83. The number of nitrogens with zero attached hydrogens (tertiary/aromatic N) is 4. The summed E-state index contributed by atoms with van der Waals surface area (Å²) in [5, 5.41) is 4.61. The average Bonchev–Trinajstić information content (AvgIpc) is 2.84. The number of aromatic nitrogens is 3. The third-order valence-electron chi connectivity index (χ3n) is 4.14. The van der Waals surface area contributed by atoms with Crippen molar-refractivity contribution in [2.45, 2.75) is 44.7 Å². The van der Waals surface area contributed by atoms with Crippen molar-refractivity contribution in [3.63, 3.8) is 0 Å². The van der Waals surface area contributed by atoms with Crippen molar-refractivity contribution in [2.75, 3.05) is 11.9 Å². The van der Waals surface area contributed by atoms with E-state index in [4.69, 9.17) is 5.73 Å². The van der Waals surface area contributed by atoms with Crippen molar-refractivity contribution in [1.82, 2.24) is 14.6 Å². The Balaban J connectivity index is 1.85. The molecule has 1 aliphatic carbocycles. The van der Waals surface area contributed by atoms with Crippen molar-refractivity contribution < 1.29 is 0 Å². The molecule has 2 aromatic rings. The van der Waals surface area contributed by atoms with Gasteiger partial charge in [0.1, 0.15) is 0 Å². The number of hydrogen-bond acceptors (Lipinski definition) is 4. The van der Waals surface area contributed by atoms with Crippen LogP contribution in [0.25, 0.3) is 5.65 Å². The Morgan fingerprint density at radius 3 is 2.68 bits per heavy atom. The fourth-order valence-corrected chi connectivity index (χ4v) is 2.83. The van der Waals surface area contributed by atoms with Crippen molar-refractivity contribution in [1.29, 1.82) is 0 Å². The number of nitrogens with two attached hydrogens (primary N) is 1. The molecule has 5 heteroatoms. The van der Waals surface area contributed by atoms with Crippen LogP contribution in [0.1, 0.15) is 31.4 Å². The first-order chi connectivity index (χ1) is 9.15. The van der Waals surface area contributed by atoms with Gasteiger partial charge < -0.3 is 10.6 Å². The fraction of sp³-hybridized carbons (Fsp3) is 0.571. The van der Waals surface area contributed by atoms with Gasteiger partial charge in [0.25, 0.3) is 0 Å². The molecule has 3 rings (SSSR count). The van der Waals surface area contributed by atoms with Crippen LogP contribution in [0.3, 0.4) is 0 Å². The van der Waals surface area contributed by atoms with Crippen molar-refractivity contribution in [3.8, 4) is 0 Å². The van der Waals surface area contributed by atoms with E-state index in [0.717, 1.165) is 43.0 Å². The minimum Gasteiger partial charge on any atom is -0.340 e. The smallest absolute Gasteiger partial charge is 0.245 e. The molecule has 1 aliphatic rings. The van der Waals surface area contributed by atoms with Crippen molar-refractivity contribution in [3.05, 3.63) is 23.9 Å². The first-order valence-corrected chi connectivity index (χ1v) is 6.96. The second-order valence-corrected chi connectivity index (χ2v) is 5.53. The van der Waals surface area contributed by atoms with Crippen LogP contribution >= 0.6 is 0 Å². The molecule has 2 heterocycles. The summed E-state index contributed by atoms with van der Waals surface area (Å²) in [5.74, 6) is 0.815. The zero-order chi connectivity index (χ0) is 13.4. The van der Waals surface area contributed by atoms with E-state index in [1.807, 2.05) is 29.6 Å². The summed E-state index contributed by atoms with van der Waals surface area (Å²) < 4.78 is 1.90. The van der Waals surface area contributed by atoms with E-state index in [9.17, 15) is 0 Å². The molecule has 1 saturated carbocycles. The Labute approximate surface area is 113 Å². The summed E-state index contributed by atoms with van der Waals surface area (Å²) in [6, 6.07) is 6.94. The first kappa shape index (κ1) is 12.4. The monoisotopic (exact) mass is 259 g/mol. The second kappa shape index (κ2) is 4.81. The molecule has 5 nitrogen and oxygen atoms in total. The van der Waals surface area contributed by atoms with Gasteiger partial charge in [0.05, 0.1) is 0 Å². The number of aryl methyl sites for hydroxylation is 1. The SMILES string of the molecule is Cc1cccc2nc(N(C)C3CCC(N)CC3)nn12. The lowest BCUT2D eigenvalue weighted by Gasteiger charge is -2.32. The van der Waals surface area contributed by atoms with Gasteiger partial charge in [-0.1, -0.05) is 6.07 Å². The molecule has 0 unspecified atom stereocenters. The van der Waals surface area contributed by atoms with Gasteiger partial charge in [0, 0.05) is 24.8 Å². The second-order valence-electron chi connectivity index (χ2n) is 5.53. The molecule has 19 heavy (non-hydrogen) atoms. The molecule has 0 bridgehead atoms. The predicted molar refractivity (Wildman–Crippen MR) is 76.4 cm³/mol. The van der Waals surface area contributed by atoms with E-state index in [1.54, 1.807) is 0 Å². The van der Waals surface area contributed by atoms with Crippen LogP contribution in [0.15, 0.2) is 18.2 Å². The number of hydrogen-bond donors (Lipinski definition) is 1. The maximum absolute atomic E-state index is 5.96. The molecule has 2 aromatic heterocycles. The van der Waals surface area contributed by atoms with Gasteiger partial charge in [-0.15, -0.1) is 5.10 Å². The molecule has 0 spiro atoms. The minimum absolute atomic E-state index is 0.376. The molecule has 0 saturated heterocycles. The Kier molecular flexibility index (Phi) is 3.14. The normalized spacial score (nSPS) is 23.7. The molecule has 1 fully saturated rings. The van der Waals surface area contributed by atoms with Crippen molar-refractivity contribution >= 4 is 11.6 Å². The van der Waals surface area contributed by atoms with Crippen LogP contribution in [-0.2, 0) is 0 Å². The summed E-state index contributed by atoms with van der Waals surface area (Å²) in [5.41, 5.74) is 7.98. The van der Waals surface area contributed by atoms with Gasteiger partial charge in [-0.25, -0.2) is 4.52 Å². The maximum atomic E-state index is 5.96. The quantitative estimate of drug-likeness (QED) is 0.892. The molecule has 0 aliphatic heterocycles. The Bertz CT molecular complexity index is 568. The van der Waals surface area contributed by atoms with Crippen LogP contribution < -0.4 is 10.6 Å². The molecule has 0 radical (unpaired) electrons. The zero-order valence-electron chi connectivity index (χ0n) is 11.6. The number of anilines is 1. The number of rotatable bonds is 2. The van der Waals surface area contributed by atoms with E-state index in [1.165, 1.54) is 0 Å². The maximum Gasteiger partial charge on any atom is 0.245 e. The van der Waals surface area contributed by atoms with Crippen LogP contribution in [0.4, 0.5) is 5.95 Å². The lowest BCUT2D eigenvalue weighted by Crippen LogP contribution is -2.39. The van der Waals surface area contributed by atoms with Gasteiger partial charge in [0.15, 0.2) is 5.65 Å². The Morgan fingerprint density at radius 2 is 2.00 bits per heavy atom. The van der Waals surface area contributed by atoms with Gasteiger partial charge in [-0.05, 0) is 44.7 Å². The molecule has 0 amide bonds. The molecule has 0 atom stereocenters. The van der Waals surface area contributed by atoms with E-state index in [2.05, 4.69) is 22.0 Å². The lowest BCUT2D eigenvalue weighted by atomic mass is 9.91. The largest absolute Gasteiger partial charge is 0.340 e. The molecule has 102 valence electrons. The van der Waals surface area contributed by atoms with Gasteiger partial charge in [-0.2, -0.15) is 4.98 Å². The number of fused-ring (bicyclic) bond motifs is 1. The summed E-state index contributed by atoms with van der Waals surface area (Å²) in [6.45, 7) is 2.05. The molecular formula is C14H21N5. The summed E-state index contributed by atoms with van der Waals surface area (Å²) in [7, 11) is 2.09. The van der Waals surface area contributed by atoms with Gasteiger partial charge in [0.2, 0.25) is 5.95 Å². The molecular weight excluding hydrogens is 238 g/mol. The Morgan fingerprint density at radius 1 is 1.26 bits per heavy atom. The average molecular weight is 259 g/mol. The highest BCUT2D eigenvalue weighted by atomic mass is 15.4. The summed E-state index contributed by atoms with van der Waals surface area (Å²) >= 11 is 0. The van der Waals surface area contributed by atoms with Crippen LogP contribution in [-0.4, -0.2) is 33.7 Å². The van der Waals surface area contributed by atoms with Crippen LogP contribution in [0.5, 0.6) is 0 Å². The van der Waals surface area contributed by atoms with E-state index < -0.39 is 0 Å². The zero-order valence-corrected chi connectivity index (χ0v) is 11.6. The standard InChI is InChI=1S/C14H21N5/c1-10-4-3-5-13-16-14(17-19(10)13)18(2)12-8-6-11(15)7-9-12/h3-5,11-12H,6-9,15H2,1-2H3. The molecule has 0 aromatic carbocycles. The minimum atomic E-state index is 0.376. The van der Waals surface area contributed by atoms with Gasteiger partial charge in [-0.3, -0.25) is 0 Å². The lowest BCUT2D eigenvalue weighted by molar-refractivity contribution is 0.382. The third-order valence-corrected chi connectivity index (χ3v) is 4.14. The van der Waals surface area contributed by atoms with E-state index in [0.29, 0.717) is 12.1 Å². The summed E-state index contributed by atoms with van der Waals surface area (Å²) in [6.07, 6.45) is 4.46.